The number of ether oxygens (including phenoxy) is 1. The number of anilines is 4. The number of aromatic nitrogens is 4. The summed E-state index contributed by atoms with van der Waals surface area (Å²) in [6.45, 7) is 9.48. The topological polar surface area (TPSA) is 86.4 Å². The number of piperazine rings is 1. The molecular weight excluding hydrogens is 573 g/mol. The number of amides is 1. The molecule has 4 aliphatic rings. The average molecular weight is 614 g/mol. The van der Waals surface area contributed by atoms with Gasteiger partial charge in [0.2, 0.25) is 5.91 Å². The first-order chi connectivity index (χ1) is 22.0. The van der Waals surface area contributed by atoms with Crippen LogP contribution in [-0.4, -0.2) is 96.0 Å². The quantitative estimate of drug-likeness (QED) is 0.374. The molecule has 2 saturated heterocycles. The minimum Gasteiger partial charge on any atom is -0.381 e. The van der Waals surface area contributed by atoms with Gasteiger partial charge in [-0.15, -0.1) is 0 Å². The molecule has 4 aliphatic heterocycles. The summed E-state index contributed by atoms with van der Waals surface area (Å²) in [6, 6.07) is 7.84. The maximum Gasteiger partial charge on any atom is 0.219 e. The predicted octanol–water partition coefficient (Wildman–Crippen LogP) is 3.59. The number of carbonyl (C=O) groups excluding carboxylic acids is 1. The lowest BCUT2D eigenvalue weighted by Crippen LogP contribution is -2.44. The number of nitrogens with one attached hydrogen (secondary N) is 1. The molecule has 45 heavy (non-hydrogen) atoms. The third-order valence-electron chi connectivity index (χ3n) is 9.97. The second kappa shape index (κ2) is 11.3. The highest BCUT2D eigenvalue weighted by molar-refractivity contribution is 5.85. The van der Waals surface area contributed by atoms with Gasteiger partial charge in [-0.2, -0.15) is 5.10 Å². The summed E-state index contributed by atoms with van der Waals surface area (Å²) in [5.74, 6) is 1.68. The number of carbonyl (C=O) groups is 1. The Kier molecular flexibility index (Phi) is 7.13. The van der Waals surface area contributed by atoms with Crippen molar-refractivity contribution in [1.82, 2.24) is 29.4 Å². The van der Waals surface area contributed by atoms with E-state index in [1.54, 1.807) is 13.0 Å². The van der Waals surface area contributed by atoms with Crippen molar-refractivity contribution in [2.24, 2.45) is 0 Å². The number of fused-ring (bicyclic) bond motifs is 3. The zero-order valence-electron chi connectivity index (χ0n) is 26.0. The number of halogens is 1. The van der Waals surface area contributed by atoms with Gasteiger partial charge >= 0.3 is 0 Å². The van der Waals surface area contributed by atoms with Crippen LogP contribution in [0, 0.1) is 5.82 Å². The van der Waals surface area contributed by atoms with Crippen molar-refractivity contribution in [3.05, 3.63) is 53.7 Å². The molecule has 0 spiro atoms. The van der Waals surface area contributed by atoms with Gasteiger partial charge in [0.1, 0.15) is 17.3 Å². The predicted molar refractivity (Wildman–Crippen MR) is 172 cm³/mol. The zero-order valence-corrected chi connectivity index (χ0v) is 26.0. The first kappa shape index (κ1) is 28.3. The van der Waals surface area contributed by atoms with Crippen LogP contribution in [0.4, 0.5) is 27.4 Å². The van der Waals surface area contributed by atoms with E-state index >= 15 is 4.39 Å². The first-order valence-electron chi connectivity index (χ1n) is 16.1. The Morgan fingerprint density at radius 3 is 2.67 bits per heavy atom. The van der Waals surface area contributed by atoms with E-state index in [0.717, 1.165) is 105 Å². The molecule has 11 nitrogen and oxygen atoms in total. The molecule has 3 aromatic heterocycles. The first-order valence-corrected chi connectivity index (χ1v) is 16.1. The summed E-state index contributed by atoms with van der Waals surface area (Å²) in [4.78, 5) is 25.7. The minimum absolute atomic E-state index is 0.0642. The smallest absolute Gasteiger partial charge is 0.219 e. The molecular formula is C33H40FN9O2. The van der Waals surface area contributed by atoms with E-state index in [1.165, 1.54) is 5.69 Å². The number of benzene rings is 1. The standard InChI is InChI=1S/C33H40FN9O2/c1-22(44)40-9-4-28-26(21-40)33(37-43(28)24-5-15-45-16-6-24)41-14-13-38(2)29-18-25(27(34)19-30(29)41)23-3-10-42-31(17-23)36-20-32(42)39-11-7-35-8-12-39/h3,10,17-20,24,35H,4-9,11-16,21H2,1-2H3. The Morgan fingerprint density at radius 1 is 1.04 bits per heavy atom. The van der Waals surface area contributed by atoms with E-state index in [4.69, 9.17) is 9.84 Å². The van der Waals surface area contributed by atoms with Gasteiger partial charge in [0, 0.05) is 109 Å². The van der Waals surface area contributed by atoms with E-state index in [0.29, 0.717) is 25.2 Å². The Hall–Kier alpha value is -4.16. The second-order valence-electron chi connectivity index (χ2n) is 12.6. The Morgan fingerprint density at radius 2 is 1.87 bits per heavy atom. The van der Waals surface area contributed by atoms with E-state index < -0.39 is 0 Å². The molecule has 1 amide bonds. The molecule has 1 N–H and O–H groups in total. The summed E-state index contributed by atoms with van der Waals surface area (Å²) in [6.07, 6.45) is 6.50. The zero-order chi connectivity index (χ0) is 30.7. The molecule has 0 unspecified atom stereocenters. The molecule has 7 heterocycles. The van der Waals surface area contributed by atoms with E-state index in [1.807, 2.05) is 35.5 Å². The van der Waals surface area contributed by atoms with Crippen molar-refractivity contribution in [2.45, 2.75) is 38.8 Å². The highest BCUT2D eigenvalue weighted by Gasteiger charge is 2.34. The Balaban J connectivity index is 1.17. The normalized spacial score (nSPS) is 19.3. The van der Waals surface area contributed by atoms with Crippen LogP contribution in [-0.2, 0) is 22.5 Å². The lowest BCUT2D eigenvalue weighted by Gasteiger charge is -2.37. The van der Waals surface area contributed by atoms with Crippen molar-refractivity contribution in [2.75, 3.05) is 80.8 Å². The van der Waals surface area contributed by atoms with Crippen molar-refractivity contribution in [3.8, 4) is 11.1 Å². The molecule has 236 valence electrons. The summed E-state index contributed by atoms with van der Waals surface area (Å²) in [5.41, 5.74) is 6.17. The van der Waals surface area contributed by atoms with Gasteiger partial charge in [0.15, 0.2) is 5.82 Å². The van der Waals surface area contributed by atoms with Crippen molar-refractivity contribution in [1.29, 1.82) is 0 Å². The number of hydrogen-bond acceptors (Lipinski definition) is 8. The summed E-state index contributed by atoms with van der Waals surface area (Å²) in [5, 5.41) is 8.63. The minimum atomic E-state index is -0.282. The number of nitrogens with zero attached hydrogens (tertiary/aromatic N) is 8. The lowest BCUT2D eigenvalue weighted by molar-refractivity contribution is -0.129. The van der Waals surface area contributed by atoms with Crippen LogP contribution < -0.4 is 20.0 Å². The fraction of sp³-hybridized carbons (Fsp3) is 0.485. The number of imidazole rings is 1. The summed E-state index contributed by atoms with van der Waals surface area (Å²) >= 11 is 0. The van der Waals surface area contributed by atoms with Gasteiger partial charge < -0.3 is 29.7 Å². The lowest BCUT2D eigenvalue weighted by atomic mass is 10.0. The number of hydrogen-bond donors (Lipinski definition) is 1. The van der Waals surface area contributed by atoms with Gasteiger partial charge in [-0.3, -0.25) is 13.9 Å². The fourth-order valence-electron chi connectivity index (χ4n) is 7.41. The molecule has 8 rings (SSSR count). The van der Waals surface area contributed by atoms with Gasteiger partial charge in [-0.1, -0.05) is 0 Å². The molecule has 1 aromatic carbocycles. The number of rotatable bonds is 4. The van der Waals surface area contributed by atoms with E-state index in [9.17, 15) is 4.79 Å². The van der Waals surface area contributed by atoms with Crippen molar-refractivity contribution < 1.29 is 13.9 Å². The molecule has 0 radical (unpaired) electrons. The SMILES string of the molecule is CC(=O)N1CCc2c(c(N3CCN(C)c4cc(-c5ccn6c(N7CCNCC7)cnc6c5)c(F)cc43)nn2C2CCOCC2)C1. The largest absolute Gasteiger partial charge is 0.381 e. The third-order valence-corrected chi connectivity index (χ3v) is 9.97. The molecule has 4 aromatic rings. The van der Waals surface area contributed by atoms with Crippen molar-refractivity contribution >= 4 is 34.6 Å². The Bertz CT molecular complexity index is 1750. The van der Waals surface area contributed by atoms with Gasteiger partial charge in [-0.05, 0) is 36.6 Å². The van der Waals surface area contributed by atoms with Crippen LogP contribution in [0.5, 0.6) is 0 Å². The van der Waals surface area contributed by atoms with Crippen molar-refractivity contribution in [3.63, 3.8) is 0 Å². The van der Waals surface area contributed by atoms with Crippen LogP contribution in [0.15, 0.2) is 36.7 Å². The van der Waals surface area contributed by atoms with Crippen LogP contribution >= 0.6 is 0 Å². The summed E-state index contributed by atoms with van der Waals surface area (Å²) in [7, 11) is 2.06. The van der Waals surface area contributed by atoms with Crippen LogP contribution in [0.3, 0.4) is 0 Å². The molecule has 0 saturated carbocycles. The van der Waals surface area contributed by atoms with Gasteiger partial charge in [0.05, 0.1) is 30.2 Å². The Labute approximate surface area is 262 Å². The second-order valence-corrected chi connectivity index (χ2v) is 12.6. The van der Waals surface area contributed by atoms with E-state index in [-0.39, 0.29) is 17.8 Å². The molecule has 0 atom stereocenters. The maximum absolute atomic E-state index is 16.2. The maximum atomic E-state index is 16.2. The van der Waals surface area contributed by atoms with Gasteiger partial charge in [-0.25, -0.2) is 9.37 Å². The fourth-order valence-corrected chi connectivity index (χ4v) is 7.41. The highest BCUT2D eigenvalue weighted by atomic mass is 19.1. The monoisotopic (exact) mass is 613 g/mol. The molecule has 0 bridgehead atoms. The van der Waals surface area contributed by atoms with Crippen LogP contribution in [0.1, 0.15) is 37.1 Å². The number of pyridine rings is 1. The molecule has 0 aliphatic carbocycles. The summed E-state index contributed by atoms with van der Waals surface area (Å²) < 4.78 is 26.1. The molecule has 2 fully saturated rings. The van der Waals surface area contributed by atoms with Crippen LogP contribution in [0.25, 0.3) is 16.8 Å². The average Bonchev–Trinajstić information content (AvgIpc) is 3.67. The highest BCUT2D eigenvalue weighted by Crippen LogP contribution is 2.44. The third kappa shape index (κ3) is 4.91. The molecule has 12 heteroatoms. The van der Waals surface area contributed by atoms with Gasteiger partial charge in [0.25, 0.3) is 0 Å². The number of likely N-dealkylation sites (N-methyl/N-ethyl adjacent to an activating group) is 1. The van der Waals surface area contributed by atoms with Crippen LogP contribution in [0.2, 0.25) is 0 Å². The van der Waals surface area contributed by atoms with E-state index in [2.05, 4.69) is 41.1 Å².